The maximum atomic E-state index is 11.6. The molecule has 1 saturated carbocycles. The van der Waals surface area contributed by atoms with Crippen molar-refractivity contribution < 1.29 is 13.9 Å². The molecule has 1 aliphatic carbocycles. The molecule has 1 aromatic heterocycles. The molecule has 2 aliphatic heterocycles. The van der Waals surface area contributed by atoms with Gasteiger partial charge in [0.15, 0.2) is 12.1 Å². The summed E-state index contributed by atoms with van der Waals surface area (Å²) in [7, 11) is 0. The molecule has 0 radical (unpaired) electrons. The number of aromatic nitrogens is 1. The van der Waals surface area contributed by atoms with E-state index in [1.54, 1.807) is 6.92 Å². The fraction of sp³-hybridized carbons (Fsp3) is 0.636. The van der Waals surface area contributed by atoms with Crippen molar-refractivity contribution >= 4 is 5.97 Å². The number of oxazole rings is 1. The van der Waals surface area contributed by atoms with Crippen LogP contribution in [0.25, 0.3) is 0 Å². The van der Waals surface area contributed by atoms with E-state index < -0.39 is 0 Å². The number of nitrogens with zero attached hydrogens (tertiary/aromatic N) is 1. The number of fused-ring (bicyclic) bond motifs is 1. The quantitative estimate of drug-likeness (QED) is 0.771. The van der Waals surface area contributed by atoms with Crippen LogP contribution >= 0.6 is 0 Å². The number of ether oxygens (including phenoxy) is 1. The van der Waals surface area contributed by atoms with Crippen LogP contribution in [0.3, 0.4) is 0 Å². The van der Waals surface area contributed by atoms with Crippen LogP contribution in [0.1, 0.15) is 35.5 Å². The Bertz CT molecular complexity index is 401. The topological polar surface area (TPSA) is 64.4 Å². The Morgan fingerprint density at radius 1 is 1.75 bits per heavy atom. The van der Waals surface area contributed by atoms with Crippen LogP contribution in [0.5, 0.6) is 0 Å². The van der Waals surface area contributed by atoms with Crippen molar-refractivity contribution in [2.45, 2.75) is 25.3 Å². The molecule has 2 bridgehead atoms. The molecule has 3 aliphatic rings. The molecule has 5 nitrogen and oxygen atoms in total. The fourth-order valence-electron chi connectivity index (χ4n) is 2.72. The molecule has 4 rings (SSSR count). The zero-order valence-electron chi connectivity index (χ0n) is 9.10. The van der Waals surface area contributed by atoms with Gasteiger partial charge in [-0.1, -0.05) is 0 Å². The van der Waals surface area contributed by atoms with Gasteiger partial charge >= 0.3 is 5.97 Å². The monoisotopic (exact) mass is 222 g/mol. The normalized spacial score (nSPS) is 31.2. The summed E-state index contributed by atoms with van der Waals surface area (Å²) in [5.74, 6) is 1.22. The largest absolute Gasteiger partial charge is 0.461 e. The Labute approximate surface area is 93.2 Å². The number of esters is 1. The van der Waals surface area contributed by atoms with Crippen LogP contribution in [0.4, 0.5) is 0 Å². The number of carbonyl (C=O) groups excluding carboxylic acids is 1. The second-order valence-corrected chi connectivity index (χ2v) is 4.32. The summed E-state index contributed by atoms with van der Waals surface area (Å²) in [4.78, 5) is 15.6. The van der Waals surface area contributed by atoms with Crippen molar-refractivity contribution in [3.8, 4) is 0 Å². The van der Waals surface area contributed by atoms with E-state index in [9.17, 15) is 4.79 Å². The van der Waals surface area contributed by atoms with E-state index in [0.29, 0.717) is 35.9 Å². The third kappa shape index (κ3) is 1.28. The maximum absolute atomic E-state index is 11.6. The van der Waals surface area contributed by atoms with Crippen LogP contribution in [0.15, 0.2) is 10.8 Å². The Morgan fingerprint density at radius 3 is 3.25 bits per heavy atom. The van der Waals surface area contributed by atoms with Gasteiger partial charge in [0.2, 0.25) is 0 Å². The first-order valence-corrected chi connectivity index (χ1v) is 5.65. The van der Waals surface area contributed by atoms with Crippen LogP contribution in [-0.4, -0.2) is 30.1 Å². The van der Waals surface area contributed by atoms with Crippen molar-refractivity contribution in [2.75, 3.05) is 13.2 Å². The van der Waals surface area contributed by atoms with Gasteiger partial charge in [-0.15, -0.1) is 0 Å². The fourth-order valence-corrected chi connectivity index (χ4v) is 2.72. The van der Waals surface area contributed by atoms with Crippen LogP contribution in [0.2, 0.25) is 0 Å². The lowest BCUT2D eigenvalue weighted by molar-refractivity contribution is 0.0514. The molecular formula is C11H14N2O3. The van der Waals surface area contributed by atoms with E-state index in [2.05, 4.69) is 10.3 Å². The van der Waals surface area contributed by atoms with Crippen molar-refractivity contribution in [1.29, 1.82) is 0 Å². The molecule has 16 heavy (non-hydrogen) atoms. The summed E-state index contributed by atoms with van der Waals surface area (Å²) in [6, 6.07) is 0.450. The number of carbonyl (C=O) groups is 1. The first-order valence-electron chi connectivity index (χ1n) is 5.65. The van der Waals surface area contributed by atoms with E-state index in [0.717, 1.165) is 6.54 Å². The molecule has 5 heteroatoms. The van der Waals surface area contributed by atoms with Gasteiger partial charge < -0.3 is 14.5 Å². The summed E-state index contributed by atoms with van der Waals surface area (Å²) in [5, 5.41) is 3.39. The number of hydrogen-bond donors (Lipinski definition) is 1. The predicted octanol–water partition coefficient (Wildman–Crippen LogP) is 0.927. The minimum Gasteiger partial charge on any atom is -0.461 e. The van der Waals surface area contributed by atoms with Crippen LogP contribution < -0.4 is 5.32 Å². The predicted molar refractivity (Wildman–Crippen MR) is 55.1 cm³/mol. The maximum Gasteiger partial charge on any atom is 0.360 e. The third-order valence-electron chi connectivity index (χ3n) is 3.51. The summed E-state index contributed by atoms with van der Waals surface area (Å²) in [5.41, 5.74) is 0.352. The average molecular weight is 222 g/mol. The van der Waals surface area contributed by atoms with Crippen molar-refractivity contribution in [2.24, 2.45) is 5.92 Å². The molecule has 3 heterocycles. The van der Waals surface area contributed by atoms with Gasteiger partial charge in [-0.05, 0) is 25.8 Å². The van der Waals surface area contributed by atoms with Crippen molar-refractivity contribution in [1.82, 2.24) is 10.3 Å². The third-order valence-corrected chi connectivity index (χ3v) is 3.51. The van der Waals surface area contributed by atoms with Crippen LogP contribution in [-0.2, 0) is 4.74 Å². The summed E-state index contributed by atoms with van der Waals surface area (Å²) >= 11 is 0. The van der Waals surface area contributed by atoms with Crippen molar-refractivity contribution in [3.05, 3.63) is 17.8 Å². The van der Waals surface area contributed by atoms with E-state index in [4.69, 9.17) is 9.15 Å². The highest BCUT2D eigenvalue weighted by Crippen LogP contribution is 2.47. The average Bonchev–Trinajstić information content (AvgIpc) is 2.92. The summed E-state index contributed by atoms with van der Waals surface area (Å²) < 4.78 is 10.3. The minimum absolute atomic E-state index is 0.307. The Morgan fingerprint density at radius 2 is 2.62 bits per heavy atom. The summed E-state index contributed by atoms with van der Waals surface area (Å²) in [6.07, 6.45) is 2.51. The van der Waals surface area contributed by atoms with E-state index >= 15 is 0 Å². The molecule has 1 aromatic rings. The molecule has 3 fully saturated rings. The number of rotatable bonds is 3. The standard InChI is InChI=1S/C11H14N2O3/c1-2-15-11(14)9-10(16-5-13-9)8-6-3-7(8)12-4-6/h5-8,12H,2-4H2,1H3. The highest BCUT2D eigenvalue weighted by molar-refractivity contribution is 5.88. The Hall–Kier alpha value is -1.36. The van der Waals surface area contributed by atoms with Gasteiger partial charge in [-0.2, -0.15) is 0 Å². The number of nitrogens with one attached hydrogen (secondary N) is 1. The second-order valence-electron chi connectivity index (χ2n) is 4.32. The van der Waals surface area contributed by atoms with E-state index in [-0.39, 0.29) is 5.97 Å². The van der Waals surface area contributed by atoms with E-state index in [1.165, 1.54) is 12.8 Å². The van der Waals surface area contributed by atoms with Gasteiger partial charge in [-0.25, -0.2) is 9.78 Å². The summed E-state index contributed by atoms with van der Waals surface area (Å²) in [6.45, 7) is 3.16. The molecule has 86 valence electrons. The van der Waals surface area contributed by atoms with Crippen LogP contribution in [0, 0.1) is 5.92 Å². The zero-order chi connectivity index (χ0) is 11.1. The van der Waals surface area contributed by atoms with Gasteiger partial charge in [0.1, 0.15) is 5.76 Å². The zero-order valence-corrected chi connectivity index (χ0v) is 9.10. The van der Waals surface area contributed by atoms with Gasteiger partial charge in [0.25, 0.3) is 0 Å². The molecule has 1 N–H and O–H groups in total. The lowest BCUT2D eigenvalue weighted by Gasteiger charge is -2.32. The highest BCUT2D eigenvalue weighted by atomic mass is 16.5. The molecule has 0 aromatic carbocycles. The molecule has 0 amide bonds. The second kappa shape index (κ2) is 3.59. The van der Waals surface area contributed by atoms with E-state index in [1.807, 2.05) is 0 Å². The molecule has 2 saturated heterocycles. The highest BCUT2D eigenvalue weighted by Gasteiger charge is 2.50. The lowest BCUT2D eigenvalue weighted by Crippen LogP contribution is -2.35. The SMILES string of the molecule is CCOC(=O)c1ncoc1C1C2CNC1C2. The van der Waals surface area contributed by atoms with Crippen molar-refractivity contribution in [3.63, 3.8) is 0 Å². The minimum atomic E-state index is -0.377. The Kier molecular flexibility index (Phi) is 2.21. The lowest BCUT2D eigenvalue weighted by atomic mass is 9.72. The first kappa shape index (κ1) is 9.84. The molecule has 0 spiro atoms. The van der Waals surface area contributed by atoms with Gasteiger partial charge in [-0.3, -0.25) is 0 Å². The van der Waals surface area contributed by atoms with Gasteiger partial charge in [0, 0.05) is 12.0 Å². The number of hydrogen-bond acceptors (Lipinski definition) is 5. The Balaban J connectivity index is 1.85. The smallest absolute Gasteiger partial charge is 0.360 e. The molecule has 3 unspecified atom stereocenters. The molecule has 3 atom stereocenters. The molecular weight excluding hydrogens is 208 g/mol. The first-order chi connectivity index (χ1) is 7.81. The van der Waals surface area contributed by atoms with Gasteiger partial charge in [0.05, 0.1) is 6.61 Å².